The molecule has 1 aromatic carbocycles. The van der Waals surface area contributed by atoms with Crippen molar-refractivity contribution in [2.45, 2.75) is 0 Å². The monoisotopic (exact) mass is 238 g/mol. The molecule has 0 bridgehead atoms. The Morgan fingerprint density at radius 2 is 1.65 bits per heavy atom. The minimum Gasteiger partial charge on any atom is -0.504 e. The Morgan fingerprint density at radius 1 is 1.06 bits per heavy atom. The number of pyridine rings is 1. The molecule has 0 aliphatic rings. The van der Waals surface area contributed by atoms with Gasteiger partial charge in [0.15, 0.2) is 11.5 Å². The fourth-order valence-corrected chi connectivity index (χ4v) is 1.39. The Balaban J connectivity index is 2.91. The van der Waals surface area contributed by atoms with E-state index in [4.69, 9.17) is 0 Å². The van der Waals surface area contributed by atoms with Crippen molar-refractivity contribution in [2.24, 2.45) is 0 Å². The standard InChI is InChI=1S/C9H6N2O6/c12-6-4-1-3(11(16)17)2-10-5(4)7(13)9(15)8(6)14/h1-2,12-15H. The number of fused-ring (bicyclic) bond motifs is 1. The summed E-state index contributed by atoms with van der Waals surface area (Å²) in [5.41, 5.74) is -0.666. The van der Waals surface area contributed by atoms with Crippen LogP contribution in [0, 0.1) is 10.1 Å². The zero-order valence-electron chi connectivity index (χ0n) is 8.15. The van der Waals surface area contributed by atoms with E-state index in [1.807, 2.05) is 0 Å². The molecule has 0 radical (unpaired) electrons. The van der Waals surface area contributed by atoms with Crippen molar-refractivity contribution in [1.29, 1.82) is 0 Å². The zero-order valence-corrected chi connectivity index (χ0v) is 8.15. The van der Waals surface area contributed by atoms with E-state index in [2.05, 4.69) is 4.98 Å². The van der Waals surface area contributed by atoms with Gasteiger partial charge in [0.25, 0.3) is 5.69 Å². The number of benzene rings is 1. The highest BCUT2D eigenvalue weighted by Crippen LogP contribution is 2.48. The first kappa shape index (κ1) is 10.7. The highest BCUT2D eigenvalue weighted by Gasteiger charge is 2.21. The van der Waals surface area contributed by atoms with Crippen LogP contribution in [0.2, 0.25) is 0 Å². The van der Waals surface area contributed by atoms with Gasteiger partial charge in [-0.3, -0.25) is 10.1 Å². The first-order valence-corrected chi connectivity index (χ1v) is 4.33. The van der Waals surface area contributed by atoms with Crippen LogP contribution >= 0.6 is 0 Å². The molecule has 8 nitrogen and oxygen atoms in total. The minimum atomic E-state index is -0.961. The van der Waals surface area contributed by atoms with Crippen molar-refractivity contribution in [1.82, 2.24) is 4.98 Å². The van der Waals surface area contributed by atoms with Crippen molar-refractivity contribution >= 4 is 16.6 Å². The number of rotatable bonds is 1. The van der Waals surface area contributed by atoms with E-state index in [-0.39, 0.29) is 10.9 Å². The van der Waals surface area contributed by atoms with Gasteiger partial charge in [-0.05, 0) is 0 Å². The van der Waals surface area contributed by atoms with Crippen LogP contribution in [0.1, 0.15) is 0 Å². The molecular formula is C9H6N2O6. The molecule has 2 rings (SSSR count). The molecule has 0 unspecified atom stereocenters. The highest BCUT2D eigenvalue weighted by atomic mass is 16.6. The molecular weight excluding hydrogens is 232 g/mol. The maximum absolute atomic E-state index is 10.5. The minimum absolute atomic E-state index is 0.230. The Kier molecular flexibility index (Phi) is 2.13. The summed E-state index contributed by atoms with van der Waals surface area (Å²) in [6, 6.07) is 0.927. The Labute approximate surface area is 93.2 Å². The van der Waals surface area contributed by atoms with Gasteiger partial charge >= 0.3 is 0 Å². The third-order valence-electron chi connectivity index (χ3n) is 2.24. The van der Waals surface area contributed by atoms with E-state index >= 15 is 0 Å². The third kappa shape index (κ3) is 1.42. The third-order valence-corrected chi connectivity index (χ3v) is 2.24. The number of aromatic hydroxyl groups is 4. The second kappa shape index (κ2) is 3.37. The largest absolute Gasteiger partial charge is 0.504 e. The molecule has 0 fully saturated rings. The van der Waals surface area contributed by atoms with Gasteiger partial charge < -0.3 is 20.4 Å². The first-order chi connectivity index (χ1) is 7.93. The molecule has 0 saturated heterocycles. The van der Waals surface area contributed by atoms with E-state index in [0.717, 1.165) is 12.3 Å². The summed E-state index contributed by atoms with van der Waals surface area (Å²) < 4.78 is 0. The van der Waals surface area contributed by atoms with Crippen molar-refractivity contribution < 1.29 is 25.3 Å². The Bertz CT molecular complexity index is 639. The van der Waals surface area contributed by atoms with Crippen LogP contribution in [0.15, 0.2) is 12.3 Å². The molecule has 88 valence electrons. The summed E-state index contributed by atoms with van der Waals surface area (Å²) in [5, 5.41) is 47.7. The molecule has 1 aromatic heterocycles. The van der Waals surface area contributed by atoms with Crippen LogP contribution in [0.4, 0.5) is 5.69 Å². The van der Waals surface area contributed by atoms with Crippen LogP contribution < -0.4 is 0 Å². The fraction of sp³-hybridized carbons (Fsp3) is 0. The quantitative estimate of drug-likeness (QED) is 0.251. The summed E-state index contributed by atoms with van der Waals surface area (Å²) >= 11 is 0. The zero-order chi connectivity index (χ0) is 12.7. The molecule has 0 atom stereocenters. The number of aromatic nitrogens is 1. The van der Waals surface area contributed by atoms with Crippen LogP contribution in [-0.2, 0) is 0 Å². The number of phenolic OH excluding ortho intramolecular Hbond substituents is 4. The lowest BCUT2D eigenvalue weighted by molar-refractivity contribution is -0.385. The summed E-state index contributed by atoms with van der Waals surface area (Å²) in [6.45, 7) is 0. The molecule has 0 spiro atoms. The summed E-state index contributed by atoms with van der Waals surface area (Å²) in [7, 11) is 0. The topological polar surface area (TPSA) is 137 Å². The normalized spacial score (nSPS) is 10.6. The summed E-state index contributed by atoms with van der Waals surface area (Å²) in [4.78, 5) is 13.3. The Morgan fingerprint density at radius 3 is 2.24 bits per heavy atom. The molecule has 4 N–H and O–H groups in total. The molecule has 2 aromatic rings. The van der Waals surface area contributed by atoms with Gasteiger partial charge in [-0.2, -0.15) is 0 Å². The smallest absolute Gasteiger partial charge is 0.288 e. The molecule has 0 aliphatic heterocycles. The number of nitrogens with zero attached hydrogens (tertiary/aromatic N) is 2. The SMILES string of the molecule is O=[N+]([O-])c1cnc2c(O)c(O)c(O)c(O)c2c1. The van der Waals surface area contributed by atoms with Gasteiger partial charge in [-0.1, -0.05) is 0 Å². The predicted molar refractivity (Wildman–Crippen MR) is 55.1 cm³/mol. The maximum Gasteiger partial charge on any atom is 0.288 e. The van der Waals surface area contributed by atoms with E-state index in [1.165, 1.54) is 0 Å². The summed E-state index contributed by atoms with van der Waals surface area (Å²) in [6.07, 6.45) is 0.859. The number of hydrogen-bond acceptors (Lipinski definition) is 7. The first-order valence-electron chi connectivity index (χ1n) is 4.33. The van der Waals surface area contributed by atoms with Crippen molar-refractivity contribution in [3.8, 4) is 23.0 Å². The van der Waals surface area contributed by atoms with Crippen LogP contribution in [0.3, 0.4) is 0 Å². The van der Waals surface area contributed by atoms with Crippen LogP contribution in [0.5, 0.6) is 23.0 Å². The molecule has 0 aliphatic carbocycles. The van der Waals surface area contributed by atoms with Gasteiger partial charge in [0, 0.05) is 6.07 Å². The average molecular weight is 238 g/mol. The van der Waals surface area contributed by atoms with Gasteiger partial charge in [0.05, 0.1) is 10.3 Å². The average Bonchev–Trinajstić information content (AvgIpc) is 2.32. The Hall–Kier alpha value is -2.77. The molecule has 8 heteroatoms. The lowest BCUT2D eigenvalue weighted by atomic mass is 10.1. The van der Waals surface area contributed by atoms with E-state index in [0.29, 0.717) is 0 Å². The highest BCUT2D eigenvalue weighted by molar-refractivity contribution is 5.96. The van der Waals surface area contributed by atoms with E-state index in [9.17, 15) is 30.5 Å². The van der Waals surface area contributed by atoms with Gasteiger partial charge in [-0.15, -0.1) is 0 Å². The van der Waals surface area contributed by atoms with E-state index < -0.39 is 33.6 Å². The van der Waals surface area contributed by atoms with Crippen LogP contribution in [-0.4, -0.2) is 30.3 Å². The van der Waals surface area contributed by atoms with Crippen molar-refractivity contribution in [2.75, 3.05) is 0 Å². The van der Waals surface area contributed by atoms with E-state index in [1.54, 1.807) is 0 Å². The van der Waals surface area contributed by atoms with Crippen molar-refractivity contribution in [3.63, 3.8) is 0 Å². The molecule has 0 amide bonds. The number of hydrogen-bond donors (Lipinski definition) is 4. The molecule has 0 saturated carbocycles. The second-order valence-corrected chi connectivity index (χ2v) is 3.24. The van der Waals surface area contributed by atoms with Gasteiger partial charge in [-0.25, -0.2) is 4.98 Å². The molecule has 1 heterocycles. The number of nitro groups is 1. The fourth-order valence-electron chi connectivity index (χ4n) is 1.39. The second-order valence-electron chi connectivity index (χ2n) is 3.24. The van der Waals surface area contributed by atoms with Crippen molar-refractivity contribution in [3.05, 3.63) is 22.4 Å². The predicted octanol–water partition coefficient (Wildman–Crippen LogP) is 0.965. The number of phenols is 4. The summed E-state index contributed by atoms with van der Waals surface area (Å²) in [5.74, 6) is -3.44. The van der Waals surface area contributed by atoms with Crippen LogP contribution in [0.25, 0.3) is 10.9 Å². The lowest BCUT2D eigenvalue weighted by Crippen LogP contribution is -1.90. The van der Waals surface area contributed by atoms with Gasteiger partial charge in [0.1, 0.15) is 11.7 Å². The maximum atomic E-state index is 10.5. The van der Waals surface area contributed by atoms with Gasteiger partial charge in [0.2, 0.25) is 11.5 Å². The lowest BCUT2D eigenvalue weighted by Gasteiger charge is -2.07. The molecule has 17 heavy (non-hydrogen) atoms.